The van der Waals surface area contributed by atoms with E-state index >= 15 is 0 Å². The van der Waals surface area contributed by atoms with E-state index in [1.54, 1.807) is 0 Å². The van der Waals surface area contributed by atoms with Gasteiger partial charge in [0.15, 0.2) is 0 Å². The molecule has 1 aliphatic carbocycles. The Bertz CT molecular complexity index is 508. The van der Waals surface area contributed by atoms with Crippen LogP contribution in [-0.4, -0.2) is 23.8 Å². The van der Waals surface area contributed by atoms with Crippen LogP contribution in [0.2, 0.25) is 0 Å². The topological polar surface area (TPSA) is 50.4 Å². The average Bonchev–Trinajstić information content (AvgIpc) is 2.28. The smallest absolute Gasteiger partial charge is 0.407 e. The van der Waals surface area contributed by atoms with Crippen LogP contribution >= 0.6 is 0 Å². The summed E-state index contributed by atoms with van der Waals surface area (Å²) in [7, 11) is 0. The molecule has 4 nitrogen and oxygen atoms in total. The monoisotopic (exact) mass is 304 g/mol. The lowest BCUT2D eigenvalue weighted by atomic mass is 9.86. The molecule has 0 radical (unpaired) electrons. The Balaban J connectivity index is 1.68. The van der Waals surface area contributed by atoms with Gasteiger partial charge in [-0.2, -0.15) is 0 Å². The van der Waals surface area contributed by atoms with Crippen molar-refractivity contribution in [3.05, 3.63) is 34.9 Å². The molecule has 1 aliphatic rings. The zero-order chi connectivity index (χ0) is 16.3. The van der Waals surface area contributed by atoms with Crippen LogP contribution in [0.15, 0.2) is 18.2 Å². The van der Waals surface area contributed by atoms with E-state index < -0.39 is 5.60 Å². The van der Waals surface area contributed by atoms with Crippen molar-refractivity contribution in [2.75, 3.05) is 0 Å². The number of carbonyl (C=O) groups excluding carboxylic acids is 1. The fraction of sp³-hybridized carbons (Fsp3) is 0.611. The van der Waals surface area contributed by atoms with Crippen LogP contribution in [0.3, 0.4) is 0 Å². The molecule has 1 amide bonds. The fourth-order valence-corrected chi connectivity index (χ4v) is 2.81. The number of hydrogen-bond acceptors (Lipinski definition) is 3. The van der Waals surface area contributed by atoms with E-state index in [9.17, 15) is 4.79 Å². The number of nitrogens with one attached hydrogen (secondary N) is 2. The zero-order valence-electron chi connectivity index (χ0n) is 14.3. The van der Waals surface area contributed by atoms with Gasteiger partial charge in [0.2, 0.25) is 0 Å². The number of hydrogen-bond donors (Lipinski definition) is 2. The van der Waals surface area contributed by atoms with Crippen molar-refractivity contribution in [2.45, 2.75) is 71.7 Å². The standard InChI is InChI=1S/C18H28N2O2/c1-12-6-13(2)8-14(7-12)11-19-15-9-16(10-15)20-17(21)22-18(3,4)5/h6-8,15-16,19H,9-11H2,1-5H3,(H,20,21). The molecule has 0 saturated heterocycles. The van der Waals surface area contributed by atoms with Gasteiger partial charge in [0.1, 0.15) is 5.60 Å². The SMILES string of the molecule is Cc1cc(C)cc(CNC2CC(NC(=O)OC(C)(C)C)C2)c1. The molecule has 0 bridgehead atoms. The van der Waals surface area contributed by atoms with Crippen LogP contribution in [0.1, 0.15) is 50.3 Å². The molecule has 1 fully saturated rings. The summed E-state index contributed by atoms with van der Waals surface area (Å²) in [5.74, 6) is 0. The Morgan fingerprint density at radius 1 is 1.14 bits per heavy atom. The molecule has 0 heterocycles. The van der Waals surface area contributed by atoms with Crippen molar-refractivity contribution in [2.24, 2.45) is 0 Å². The Kier molecular flexibility index (Phi) is 5.12. The van der Waals surface area contributed by atoms with Crippen molar-refractivity contribution in [3.63, 3.8) is 0 Å². The lowest BCUT2D eigenvalue weighted by Gasteiger charge is -2.36. The molecule has 4 heteroatoms. The summed E-state index contributed by atoms with van der Waals surface area (Å²) in [5, 5.41) is 6.47. The average molecular weight is 304 g/mol. The van der Waals surface area contributed by atoms with Gasteiger partial charge in [-0.05, 0) is 53.0 Å². The van der Waals surface area contributed by atoms with Gasteiger partial charge in [0.25, 0.3) is 0 Å². The highest BCUT2D eigenvalue weighted by molar-refractivity contribution is 5.68. The first kappa shape index (κ1) is 16.8. The van der Waals surface area contributed by atoms with E-state index in [-0.39, 0.29) is 12.1 Å². The molecule has 0 spiro atoms. The molecular weight excluding hydrogens is 276 g/mol. The molecule has 1 aromatic carbocycles. The zero-order valence-corrected chi connectivity index (χ0v) is 14.3. The number of ether oxygens (including phenoxy) is 1. The first-order chi connectivity index (χ1) is 10.2. The number of aryl methyl sites for hydroxylation is 2. The molecule has 0 unspecified atom stereocenters. The van der Waals surface area contributed by atoms with E-state index in [0.29, 0.717) is 6.04 Å². The highest BCUT2D eigenvalue weighted by Crippen LogP contribution is 2.21. The quantitative estimate of drug-likeness (QED) is 0.896. The maximum atomic E-state index is 11.7. The third-order valence-electron chi connectivity index (χ3n) is 3.74. The number of benzene rings is 1. The maximum absolute atomic E-state index is 11.7. The van der Waals surface area contributed by atoms with Gasteiger partial charge < -0.3 is 15.4 Å². The minimum Gasteiger partial charge on any atom is -0.444 e. The number of rotatable bonds is 4. The highest BCUT2D eigenvalue weighted by Gasteiger charge is 2.31. The van der Waals surface area contributed by atoms with Crippen molar-refractivity contribution in [1.29, 1.82) is 0 Å². The second-order valence-corrected chi connectivity index (χ2v) is 7.39. The van der Waals surface area contributed by atoms with Gasteiger partial charge in [-0.1, -0.05) is 29.3 Å². The largest absolute Gasteiger partial charge is 0.444 e. The third kappa shape index (κ3) is 5.34. The Hall–Kier alpha value is -1.55. The van der Waals surface area contributed by atoms with E-state index in [1.165, 1.54) is 16.7 Å². The van der Waals surface area contributed by atoms with Gasteiger partial charge in [-0.15, -0.1) is 0 Å². The molecular formula is C18H28N2O2. The van der Waals surface area contributed by atoms with Gasteiger partial charge in [-0.25, -0.2) is 4.79 Å². The van der Waals surface area contributed by atoms with Gasteiger partial charge in [-0.3, -0.25) is 0 Å². The summed E-state index contributed by atoms with van der Waals surface area (Å²) < 4.78 is 5.26. The Morgan fingerprint density at radius 3 is 2.27 bits per heavy atom. The van der Waals surface area contributed by atoms with Crippen molar-refractivity contribution in [1.82, 2.24) is 10.6 Å². The van der Waals surface area contributed by atoms with E-state index in [1.807, 2.05) is 20.8 Å². The van der Waals surface area contributed by atoms with Gasteiger partial charge in [0, 0.05) is 18.6 Å². The summed E-state index contributed by atoms with van der Waals surface area (Å²) in [6.07, 6.45) is 1.61. The second-order valence-electron chi connectivity index (χ2n) is 7.39. The van der Waals surface area contributed by atoms with Crippen LogP contribution in [0.25, 0.3) is 0 Å². The molecule has 2 rings (SSSR count). The second kappa shape index (κ2) is 6.69. The van der Waals surface area contributed by atoms with Crippen LogP contribution < -0.4 is 10.6 Å². The Morgan fingerprint density at radius 2 is 1.73 bits per heavy atom. The molecule has 0 aromatic heterocycles. The maximum Gasteiger partial charge on any atom is 0.407 e. The summed E-state index contributed by atoms with van der Waals surface area (Å²) in [6.45, 7) is 10.8. The van der Waals surface area contributed by atoms with Gasteiger partial charge in [0.05, 0.1) is 0 Å². The molecule has 1 saturated carbocycles. The Labute approximate surface area is 133 Å². The first-order valence-corrected chi connectivity index (χ1v) is 8.01. The minimum absolute atomic E-state index is 0.228. The summed E-state index contributed by atoms with van der Waals surface area (Å²) in [6, 6.07) is 7.32. The predicted molar refractivity (Wildman–Crippen MR) is 88.9 cm³/mol. The molecule has 0 aliphatic heterocycles. The van der Waals surface area contributed by atoms with Crippen molar-refractivity contribution < 1.29 is 9.53 Å². The number of alkyl carbamates (subject to hydrolysis) is 1. The fourth-order valence-electron chi connectivity index (χ4n) is 2.81. The van der Waals surface area contributed by atoms with Crippen molar-refractivity contribution in [3.8, 4) is 0 Å². The van der Waals surface area contributed by atoms with E-state index in [0.717, 1.165) is 19.4 Å². The van der Waals surface area contributed by atoms with Crippen LogP contribution in [0, 0.1) is 13.8 Å². The van der Waals surface area contributed by atoms with Crippen LogP contribution in [0.5, 0.6) is 0 Å². The van der Waals surface area contributed by atoms with Gasteiger partial charge >= 0.3 is 6.09 Å². The lowest BCUT2D eigenvalue weighted by Crippen LogP contribution is -2.52. The van der Waals surface area contributed by atoms with E-state index in [2.05, 4.69) is 42.7 Å². The molecule has 1 aromatic rings. The van der Waals surface area contributed by atoms with E-state index in [4.69, 9.17) is 4.74 Å². The van der Waals surface area contributed by atoms with Crippen LogP contribution in [0.4, 0.5) is 4.79 Å². The predicted octanol–water partition coefficient (Wildman–Crippen LogP) is 3.45. The molecule has 2 N–H and O–H groups in total. The summed E-state index contributed by atoms with van der Waals surface area (Å²) in [4.78, 5) is 11.7. The number of amides is 1. The lowest BCUT2D eigenvalue weighted by molar-refractivity contribution is 0.0465. The molecule has 22 heavy (non-hydrogen) atoms. The van der Waals surface area contributed by atoms with Crippen LogP contribution in [-0.2, 0) is 11.3 Å². The molecule has 122 valence electrons. The molecule has 0 atom stereocenters. The summed E-state index contributed by atoms with van der Waals surface area (Å²) in [5.41, 5.74) is 3.49. The number of carbonyl (C=O) groups is 1. The first-order valence-electron chi connectivity index (χ1n) is 8.01. The minimum atomic E-state index is -0.436. The third-order valence-corrected chi connectivity index (χ3v) is 3.74. The highest BCUT2D eigenvalue weighted by atomic mass is 16.6. The summed E-state index contributed by atoms with van der Waals surface area (Å²) >= 11 is 0. The van der Waals surface area contributed by atoms with Crippen molar-refractivity contribution >= 4 is 6.09 Å². The normalized spacial score (nSPS) is 21.1.